The highest BCUT2D eigenvalue weighted by Crippen LogP contribution is 2.36. The maximum absolute atomic E-state index is 12.2. The standard InChI is InChI=1S/C17H23N3O4S/c1-17(2,3)14-9-13(12-6-5-7-19-16(12)21)11(8-15(14)24-4)10-20-25(18,22)23/h5-9,20H,10H2,1-4H3,(H,19,21)(H2,18,22,23). The predicted molar refractivity (Wildman–Crippen MR) is 97.7 cm³/mol. The Kier molecular flexibility index (Phi) is 5.36. The number of aromatic nitrogens is 1. The molecule has 0 aliphatic rings. The van der Waals surface area contributed by atoms with Crippen molar-refractivity contribution in [3.8, 4) is 16.9 Å². The third-order valence-corrected chi connectivity index (χ3v) is 4.35. The van der Waals surface area contributed by atoms with Gasteiger partial charge in [0.05, 0.1) is 7.11 Å². The quantitative estimate of drug-likeness (QED) is 0.747. The highest BCUT2D eigenvalue weighted by atomic mass is 32.2. The molecule has 0 saturated carbocycles. The average molecular weight is 365 g/mol. The molecule has 0 radical (unpaired) electrons. The number of nitrogens with one attached hydrogen (secondary N) is 2. The van der Waals surface area contributed by atoms with E-state index < -0.39 is 10.2 Å². The van der Waals surface area contributed by atoms with Crippen LogP contribution in [0.2, 0.25) is 0 Å². The first-order chi connectivity index (χ1) is 11.5. The van der Waals surface area contributed by atoms with Gasteiger partial charge >= 0.3 is 0 Å². The largest absolute Gasteiger partial charge is 0.496 e. The van der Waals surface area contributed by atoms with Crippen LogP contribution < -0.4 is 20.2 Å². The molecule has 0 aliphatic heterocycles. The summed E-state index contributed by atoms with van der Waals surface area (Å²) in [6, 6.07) is 7.01. The monoisotopic (exact) mass is 365 g/mol. The molecule has 1 heterocycles. The van der Waals surface area contributed by atoms with Crippen LogP contribution in [0.1, 0.15) is 31.9 Å². The Morgan fingerprint density at radius 2 is 1.92 bits per heavy atom. The summed E-state index contributed by atoms with van der Waals surface area (Å²) in [5, 5.41) is 5.03. The third kappa shape index (κ3) is 4.68. The molecule has 4 N–H and O–H groups in total. The van der Waals surface area contributed by atoms with E-state index in [1.807, 2.05) is 26.8 Å². The number of rotatable bonds is 5. The summed E-state index contributed by atoms with van der Waals surface area (Å²) < 4.78 is 30.3. The lowest BCUT2D eigenvalue weighted by molar-refractivity contribution is 0.397. The molecule has 2 rings (SSSR count). The molecule has 136 valence electrons. The summed E-state index contributed by atoms with van der Waals surface area (Å²) in [6.07, 6.45) is 1.54. The molecule has 2 aromatic rings. The normalized spacial score (nSPS) is 12.2. The number of benzene rings is 1. The van der Waals surface area contributed by atoms with Gasteiger partial charge in [-0.1, -0.05) is 20.8 Å². The number of pyridine rings is 1. The third-order valence-electron chi connectivity index (χ3n) is 3.81. The van der Waals surface area contributed by atoms with Crippen LogP contribution in [0.4, 0.5) is 0 Å². The molecule has 0 spiro atoms. The van der Waals surface area contributed by atoms with E-state index in [1.54, 1.807) is 31.5 Å². The van der Waals surface area contributed by atoms with Crippen LogP contribution in [0, 0.1) is 0 Å². The molecule has 0 aliphatic carbocycles. The van der Waals surface area contributed by atoms with Gasteiger partial charge in [-0.3, -0.25) is 4.79 Å². The van der Waals surface area contributed by atoms with Gasteiger partial charge in [0.1, 0.15) is 5.75 Å². The van der Waals surface area contributed by atoms with E-state index in [0.29, 0.717) is 22.4 Å². The number of hydrogen-bond donors (Lipinski definition) is 3. The molecule has 8 heteroatoms. The van der Waals surface area contributed by atoms with E-state index in [9.17, 15) is 13.2 Å². The van der Waals surface area contributed by atoms with Crippen LogP contribution in [0.3, 0.4) is 0 Å². The summed E-state index contributed by atoms with van der Waals surface area (Å²) in [7, 11) is -2.31. The van der Waals surface area contributed by atoms with Crippen LogP contribution in [-0.4, -0.2) is 20.5 Å². The van der Waals surface area contributed by atoms with Gasteiger partial charge in [0, 0.05) is 23.9 Å². The van der Waals surface area contributed by atoms with Gasteiger partial charge in [0.15, 0.2) is 0 Å². The molecular formula is C17H23N3O4S. The molecule has 0 atom stereocenters. The lowest BCUT2D eigenvalue weighted by Gasteiger charge is -2.24. The van der Waals surface area contributed by atoms with Gasteiger partial charge in [-0.05, 0) is 40.8 Å². The number of H-pyrrole nitrogens is 1. The summed E-state index contributed by atoms with van der Waals surface area (Å²) >= 11 is 0. The Labute approximate surface area is 147 Å². The van der Waals surface area contributed by atoms with Crippen molar-refractivity contribution in [2.24, 2.45) is 5.14 Å². The molecule has 1 aromatic carbocycles. The summed E-state index contributed by atoms with van der Waals surface area (Å²) in [4.78, 5) is 14.9. The molecule has 0 fully saturated rings. The Hall–Kier alpha value is -2.16. The van der Waals surface area contributed by atoms with Gasteiger partial charge in [0.2, 0.25) is 0 Å². The first-order valence-corrected chi connectivity index (χ1v) is 9.24. The van der Waals surface area contributed by atoms with Crippen LogP contribution in [-0.2, 0) is 22.2 Å². The van der Waals surface area contributed by atoms with Gasteiger partial charge in [-0.2, -0.15) is 13.1 Å². The first-order valence-electron chi connectivity index (χ1n) is 7.70. The number of ether oxygens (including phenoxy) is 1. The van der Waals surface area contributed by atoms with Crippen LogP contribution in [0.25, 0.3) is 11.1 Å². The number of aromatic amines is 1. The Bertz CT molecular complexity index is 928. The predicted octanol–water partition coefficient (Wildman–Crippen LogP) is 1.64. The van der Waals surface area contributed by atoms with Crippen LogP contribution >= 0.6 is 0 Å². The summed E-state index contributed by atoms with van der Waals surface area (Å²) in [5.74, 6) is 0.620. The van der Waals surface area contributed by atoms with Crippen LogP contribution in [0.5, 0.6) is 5.75 Å². The molecule has 0 unspecified atom stereocenters. The second-order valence-electron chi connectivity index (χ2n) is 6.74. The van der Waals surface area contributed by atoms with Crippen molar-refractivity contribution in [3.63, 3.8) is 0 Å². The lowest BCUT2D eigenvalue weighted by atomic mass is 9.83. The summed E-state index contributed by atoms with van der Waals surface area (Å²) in [5.41, 5.74) is 2.09. The fourth-order valence-corrected chi connectivity index (χ4v) is 2.94. The Morgan fingerprint density at radius 1 is 1.24 bits per heavy atom. The minimum atomic E-state index is -3.87. The zero-order chi connectivity index (χ0) is 18.8. The molecule has 25 heavy (non-hydrogen) atoms. The van der Waals surface area contributed by atoms with Crippen molar-refractivity contribution in [2.45, 2.75) is 32.7 Å². The summed E-state index contributed by atoms with van der Waals surface area (Å²) in [6.45, 7) is 6.05. The van der Waals surface area contributed by atoms with E-state index in [0.717, 1.165) is 5.56 Å². The Balaban J connectivity index is 2.72. The smallest absolute Gasteiger partial charge is 0.274 e. The second-order valence-corrected chi connectivity index (χ2v) is 8.12. The fourth-order valence-electron chi connectivity index (χ4n) is 2.59. The van der Waals surface area contributed by atoms with Crippen molar-refractivity contribution in [2.75, 3.05) is 7.11 Å². The fraction of sp³-hybridized carbons (Fsp3) is 0.353. The van der Waals surface area contributed by atoms with Gasteiger partial charge in [0.25, 0.3) is 15.8 Å². The van der Waals surface area contributed by atoms with Gasteiger partial charge < -0.3 is 9.72 Å². The van der Waals surface area contributed by atoms with Crippen molar-refractivity contribution < 1.29 is 13.2 Å². The van der Waals surface area contributed by atoms with E-state index in [4.69, 9.17) is 9.88 Å². The van der Waals surface area contributed by atoms with E-state index in [2.05, 4.69) is 9.71 Å². The molecule has 1 aromatic heterocycles. The molecule has 0 saturated heterocycles. The van der Waals surface area contributed by atoms with Crippen molar-refractivity contribution in [1.29, 1.82) is 0 Å². The van der Waals surface area contributed by atoms with Gasteiger partial charge in [-0.15, -0.1) is 0 Å². The molecule has 0 amide bonds. The van der Waals surface area contributed by atoms with E-state index in [-0.39, 0.29) is 17.5 Å². The van der Waals surface area contributed by atoms with Gasteiger partial charge in [-0.25, -0.2) is 5.14 Å². The van der Waals surface area contributed by atoms with E-state index in [1.165, 1.54) is 0 Å². The minimum Gasteiger partial charge on any atom is -0.496 e. The lowest BCUT2D eigenvalue weighted by Crippen LogP contribution is -2.30. The minimum absolute atomic E-state index is 0.0523. The number of nitrogens with two attached hydrogens (primary N) is 1. The SMILES string of the molecule is COc1cc(CNS(N)(=O)=O)c(-c2ccc[nH]c2=O)cc1C(C)(C)C. The molecule has 7 nitrogen and oxygen atoms in total. The first kappa shape index (κ1) is 19.2. The maximum atomic E-state index is 12.2. The second kappa shape index (κ2) is 6.99. The molecule has 0 bridgehead atoms. The number of methoxy groups -OCH3 is 1. The highest BCUT2D eigenvalue weighted by Gasteiger charge is 2.23. The number of hydrogen-bond acceptors (Lipinski definition) is 4. The Morgan fingerprint density at radius 3 is 2.44 bits per heavy atom. The highest BCUT2D eigenvalue weighted by molar-refractivity contribution is 7.87. The van der Waals surface area contributed by atoms with E-state index >= 15 is 0 Å². The van der Waals surface area contributed by atoms with Crippen molar-refractivity contribution in [1.82, 2.24) is 9.71 Å². The zero-order valence-corrected chi connectivity index (χ0v) is 15.5. The maximum Gasteiger partial charge on any atom is 0.274 e. The zero-order valence-electron chi connectivity index (χ0n) is 14.7. The molecular weight excluding hydrogens is 342 g/mol. The average Bonchev–Trinajstić information content (AvgIpc) is 2.51. The van der Waals surface area contributed by atoms with Crippen LogP contribution in [0.15, 0.2) is 35.3 Å². The van der Waals surface area contributed by atoms with Crippen molar-refractivity contribution >= 4 is 10.2 Å². The topological polar surface area (TPSA) is 114 Å². The van der Waals surface area contributed by atoms with Crippen molar-refractivity contribution in [3.05, 3.63) is 51.9 Å².